The molecule has 0 aliphatic heterocycles. The molecule has 2 aromatic heterocycles. The third-order valence-corrected chi connectivity index (χ3v) is 3.69. The van der Waals surface area contributed by atoms with Crippen LogP contribution >= 0.6 is 11.6 Å². The fourth-order valence-corrected chi connectivity index (χ4v) is 2.52. The minimum absolute atomic E-state index is 0.471. The van der Waals surface area contributed by atoms with E-state index in [-0.39, 0.29) is 0 Å². The van der Waals surface area contributed by atoms with Crippen molar-refractivity contribution in [2.75, 3.05) is 0 Å². The zero-order chi connectivity index (χ0) is 14.3. The molecule has 1 unspecified atom stereocenters. The molecule has 0 spiro atoms. The summed E-state index contributed by atoms with van der Waals surface area (Å²) < 4.78 is 7.37. The molecule has 0 saturated heterocycles. The van der Waals surface area contributed by atoms with Gasteiger partial charge in [-0.05, 0) is 24.6 Å². The first-order chi connectivity index (χ1) is 9.60. The van der Waals surface area contributed by atoms with Gasteiger partial charge in [-0.1, -0.05) is 30.7 Å². The zero-order valence-electron chi connectivity index (χ0n) is 11.3. The number of hydrogen-bond acceptors (Lipinski definition) is 3. The van der Waals surface area contributed by atoms with Crippen molar-refractivity contribution in [3.63, 3.8) is 0 Å². The summed E-state index contributed by atoms with van der Waals surface area (Å²) in [6.45, 7) is 2.03. The Morgan fingerprint density at radius 1 is 1.40 bits per heavy atom. The molecule has 0 radical (unpaired) electrons. The number of para-hydroxylation sites is 1. The number of aryl methyl sites for hydroxylation is 2. The van der Waals surface area contributed by atoms with Gasteiger partial charge in [0.05, 0.1) is 16.4 Å². The highest BCUT2D eigenvalue weighted by atomic mass is 35.5. The Kier molecular flexibility index (Phi) is 3.28. The molecule has 0 aliphatic rings. The lowest BCUT2D eigenvalue weighted by Crippen LogP contribution is -2.05. The number of halogens is 1. The van der Waals surface area contributed by atoms with E-state index in [1.807, 2.05) is 38.2 Å². The molecule has 0 aliphatic carbocycles. The van der Waals surface area contributed by atoms with Crippen LogP contribution in [-0.2, 0) is 13.5 Å². The zero-order valence-corrected chi connectivity index (χ0v) is 12.1. The van der Waals surface area contributed by atoms with Crippen molar-refractivity contribution in [3.05, 3.63) is 52.5 Å². The predicted molar refractivity (Wildman–Crippen MR) is 77.9 cm³/mol. The predicted octanol–water partition coefficient (Wildman–Crippen LogP) is 3.46. The third kappa shape index (κ3) is 2.11. The molecular formula is C15H15ClN2O2. The van der Waals surface area contributed by atoms with E-state index in [1.54, 1.807) is 10.7 Å². The van der Waals surface area contributed by atoms with Crippen molar-refractivity contribution < 1.29 is 9.52 Å². The van der Waals surface area contributed by atoms with Gasteiger partial charge in [-0.25, -0.2) is 0 Å². The van der Waals surface area contributed by atoms with Crippen molar-refractivity contribution >= 4 is 22.6 Å². The molecule has 3 aromatic rings. The lowest BCUT2D eigenvalue weighted by Gasteiger charge is -2.07. The summed E-state index contributed by atoms with van der Waals surface area (Å²) in [6, 6.07) is 9.23. The molecule has 1 N–H and O–H groups in total. The summed E-state index contributed by atoms with van der Waals surface area (Å²) in [7, 11) is 1.81. The summed E-state index contributed by atoms with van der Waals surface area (Å²) in [5, 5.41) is 16.2. The van der Waals surface area contributed by atoms with Gasteiger partial charge in [-0.15, -0.1) is 0 Å². The van der Waals surface area contributed by atoms with Gasteiger partial charge in [0.15, 0.2) is 11.7 Å². The Balaban J connectivity index is 2.05. The Bertz CT molecular complexity index is 760. The van der Waals surface area contributed by atoms with E-state index in [4.69, 9.17) is 16.0 Å². The number of hydrogen-bond donors (Lipinski definition) is 1. The largest absolute Gasteiger partial charge is 0.456 e. The number of furan rings is 1. The fourth-order valence-electron chi connectivity index (χ4n) is 2.30. The van der Waals surface area contributed by atoms with E-state index in [2.05, 4.69) is 5.10 Å². The molecule has 5 heteroatoms. The second-order valence-corrected chi connectivity index (χ2v) is 5.15. The first kappa shape index (κ1) is 13.2. The standard InChI is InChI=1S/C15H15ClN2O2/c1-3-10-8-12(18(2)17-10)14(19)13-7-9-5-4-6-11(16)15(9)20-13/h4-8,14,19H,3H2,1-2H3. The van der Waals surface area contributed by atoms with Crippen molar-refractivity contribution in [2.24, 2.45) is 7.05 Å². The Morgan fingerprint density at radius 3 is 2.85 bits per heavy atom. The first-order valence-corrected chi connectivity index (χ1v) is 6.86. The van der Waals surface area contributed by atoms with Gasteiger partial charge in [0.25, 0.3) is 0 Å². The molecule has 2 heterocycles. The number of rotatable bonds is 3. The molecule has 0 bridgehead atoms. The molecule has 20 heavy (non-hydrogen) atoms. The van der Waals surface area contributed by atoms with Crippen LogP contribution in [0.25, 0.3) is 11.0 Å². The number of benzene rings is 1. The van der Waals surface area contributed by atoms with Crippen molar-refractivity contribution in [1.29, 1.82) is 0 Å². The van der Waals surface area contributed by atoms with Crippen molar-refractivity contribution in [1.82, 2.24) is 9.78 Å². The molecule has 1 atom stereocenters. The van der Waals surface area contributed by atoms with E-state index < -0.39 is 6.10 Å². The van der Waals surface area contributed by atoms with Crippen LogP contribution in [0.3, 0.4) is 0 Å². The quantitative estimate of drug-likeness (QED) is 0.803. The molecular weight excluding hydrogens is 276 g/mol. The maximum atomic E-state index is 10.5. The third-order valence-electron chi connectivity index (χ3n) is 3.39. The number of nitrogens with zero attached hydrogens (tertiary/aromatic N) is 2. The number of aromatic nitrogens is 2. The molecule has 104 valence electrons. The Morgan fingerprint density at radius 2 is 2.20 bits per heavy atom. The van der Waals surface area contributed by atoms with Gasteiger partial charge in [0.2, 0.25) is 0 Å². The monoisotopic (exact) mass is 290 g/mol. The summed E-state index contributed by atoms with van der Waals surface area (Å²) in [6.07, 6.45) is -0.0248. The van der Waals surface area contributed by atoms with Gasteiger partial charge >= 0.3 is 0 Å². The molecule has 0 amide bonds. The smallest absolute Gasteiger partial charge is 0.153 e. The van der Waals surface area contributed by atoms with Gasteiger partial charge < -0.3 is 9.52 Å². The maximum Gasteiger partial charge on any atom is 0.153 e. The maximum absolute atomic E-state index is 10.5. The molecule has 0 fully saturated rings. The SMILES string of the molecule is CCc1cc(C(O)c2cc3cccc(Cl)c3o2)n(C)n1. The van der Waals surface area contributed by atoms with E-state index >= 15 is 0 Å². The lowest BCUT2D eigenvalue weighted by molar-refractivity contribution is 0.183. The summed E-state index contributed by atoms with van der Waals surface area (Å²) in [5.41, 5.74) is 2.24. The average molecular weight is 291 g/mol. The second kappa shape index (κ2) is 4.96. The van der Waals surface area contributed by atoms with Crippen LogP contribution in [0.15, 0.2) is 34.7 Å². The van der Waals surface area contributed by atoms with Gasteiger partial charge in [-0.2, -0.15) is 5.10 Å². The van der Waals surface area contributed by atoms with Crippen molar-refractivity contribution in [2.45, 2.75) is 19.4 Å². The summed E-state index contributed by atoms with van der Waals surface area (Å²) in [5.74, 6) is 0.471. The number of aliphatic hydroxyl groups is 1. The number of aliphatic hydroxyl groups excluding tert-OH is 1. The van der Waals surface area contributed by atoms with Gasteiger partial charge in [0.1, 0.15) is 5.76 Å². The van der Waals surface area contributed by atoms with Crippen LogP contribution in [0.2, 0.25) is 5.02 Å². The van der Waals surface area contributed by atoms with Crippen molar-refractivity contribution in [3.8, 4) is 0 Å². The fraction of sp³-hybridized carbons (Fsp3) is 0.267. The van der Waals surface area contributed by atoms with Crippen LogP contribution < -0.4 is 0 Å². The Hall–Kier alpha value is -1.78. The van der Waals surface area contributed by atoms with Crippen LogP contribution in [0.5, 0.6) is 0 Å². The van der Waals surface area contributed by atoms with Crippen LogP contribution in [-0.4, -0.2) is 14.9 Å². The Labute approximate surface area is 121 Å². The van der Waals surface area contributed by atoms with Crippen LogP contribution in [0.4, 0.5) is 0 Å². The van der Waals surface area contributed by atoms with E-state index in [0.717, 1.165) is 17.5 Å². The summed E-state index contributed by atoms with van der Waals surface area (Å²) >= 11 is 6.09. The second-order valence-electron chi connectivity index (χ2n) is 4.75. The van der Waals surface area contributed by atoms with Crippen LogP contribution in [0, 0.1) is 0 Å². The molecule has 4 nitrogen and oxygen atoms in total. The molecule has 3 rings (SSSR count). The molecule has 1 aromatic carbocycles. The summed E-state index contributed by atoms with van der Waals surface area (Å²) in [4.78, 5) is 0. The molecule has 0 saturated carbocycles. The van der Waals surface area contributed by atoms with E-state index in [9.17, 15) is 5.11 Å². The van der Waals surface area contributed by atoms with Gasteiger partial charge in [0, 0.05) is 12.4 Å². The minimum atomic E-state index is -0.851. The van der Waals surface area contributed by atoms with Crippen LogP contribution in [0.1, 0.15) is 30.2 Å². The topological polar surface area (TPSA) is 51.2 Å². The van der Waals surface area contributed by atoms with E-state index in [1.165, 1.54) is 0 Å². The minimum Gasteiger partial charge on any atom is -0.456 e. The first-order valence-electron chi connectivity index (χ1n) is 6.49. The highest BCUT2D eigenvalue weighted by molar-refractivity contribution is 6.34. The lowest BCUT2D eigenvalue weighted by atomic mass is 10.1. The van der Waals surface area contributed by atoms with E-state index in [0.29, 0.717) is 22.1 Å². The highest BCUT2D eigenvalue weighted by Crippen LogP contribution is 2.31. The average Bonchev–Trinajstić information content (AvgIpc) is 3.02. The normalized spacial score (nSPS) is 13.0. The number of fused-ring (bicyclic) bond motifs is 1. The highest BCUT2D eigenvalue weighted by Gasteiger charge is 2.20. The van der Waals surface area contributed by atoms with Gasteiger partial charge in [-0.3, -0.25) is 4.68 Å².